The Morgan fingerprint density at radius 1 is 1.19 bits per heavy atom. The summed E-state index contributed by atoms with van der Waals surface area (Å²) < 4.78 is 37.7. The molecular weight excluding hydrogens is 534 g/mol. The number of hydrogen-bond donors (Lipinski definition) is 3. The van der Waals surface area contributed by atoms with Crippen LogP contribution in [-0.2, 0) is 11.3 Å². The van der Waals surface area contributed by atoms with Gasteiger partial charge in [-0.15, -0.1) is 24.0 Å². The second-order valence-corrected chi connectivity index (χ2v) is 8.43. The van der Waals surface area contributed by atoms with Crippen LogP contribution in [0, 0.1) is 5.92 Å². The number of nitrogens with zero attached hydrogens (tertiary/aromatic N) is 2. The lowest BCUT2D eigenvalue weighted by atomic mass is 9.88. The highest BCUT2D eigenvalue weighted by Gasteiger charge is 2.34. The molecule has 1 aliphatic heterocycles. The van der Waals surface area contributed by atoms with Crippen LogP contribution in [0.4, 0.5) is 18.9 Å². The normalized spacial score (nSPS) is 20.5. The van der Waals surface area contributed by atoms with Crippen molar-refractivity contribution >= 4 is 41.5 Å². The summed E-state index contributed by atoms with van der Waals surface area (Å²) in [5.74, 6) is 0.740. The molecule has 32 heavy (non-hydrogen) atoms. The van der Waals surface area contributed by atoms with E-state index in [-0.39, 0.29) is 41.8 Å². The van der Waals surface area contributed by atoms with Gasteiger partial charge in [0.05, 0.1) is 6.54 Å². The van der Waals surface area contributed by atoms with Crippen molar-refractivity contribution in [2.45, 2.75) is 57.3 Å². The van der Waals surface area contributed by atoms with E-state index in [0.29, 0.717) is 32.0 Å². The fraction of sp³-hybridized carbons (Fsp3) is 0.636. The van der Waals surface area contributed by atoms with Crippen LogP contribution in [0.5, 0.6) is 0 Å². The molecule has 6 nitrogen and oxygen atoms in total. The third-order valence-corrected chi connectivity index (χ3v) is 5.87. The smallest absolute Gasteiger partial charge is 0.352 e. The summed E-state index contributed by atoms with van der Waals surface area (Å²) in [5, 5.41) is 9.43. The Balaban J connectivity index is 0.00000363. The topological polar surface area (TPSA) is 68.8 Å². The minimum Gasteiger partial charge on any atom is -0.352 e. The Kier molecular flexibility index (Phi) is 10.5. The van der Waals surface area contributed by atoms with Crippen LogP contribution in [0.3, 0.4) is 0 Å². The van der Waals surface area contributed by atoms with Crippen LogP contribution >= 0.6 is 24.0 Å². The van der Waals surface area contributed by atoms with E-state index in [4.69, 9.17) is 0 Å². The summed E-state index contributed by atoms with van der Waals surface area (Å²) in [6, 6.07) is 7.59. The lowest BCUT2D eigenvalue weighted by molar-refractivity contribution is -0.143. The summed E-state index contributed by atoms with van der Waals surface area (Å²) in [5.41, 5.74) is 1.76. The number of carbonyl (C=O) groups is 1. The predicted molar refractivity (Wildman–Crippen MR) is 131 cm³/mol. The molecule has 180 valence electrons. The number of alkyl halides is 3. The minimum atomic E-state index is -4.17. The molecule has 1 heterocycles. The Hall–Kier alpha value is -1.56. The first-order chi connectivity index (χ1) is 14.8. The number of anilines is 1. The van der Waals surface area contributed by atoms with E-state index in [1.165, 1.54) is 11.3 Å². The lowest BCUT2D eigenvalue weighted by Crippen LogP contribution is -2.44. The van der Waals surface area contributed by atoms with E-state index in [1.807, 2.05) is 24.3 Å². The number of amides is 1. The Bertz CT molecular complexity index is 768. The summed E-state index contributed by atoms with van der Waals surface area (Å²) >= 11 is 0. The Morgan fingerprint density at radius 2 is 1.94 bits per heavy atom. The van der Waals surface area contributed by atoms with Crippen LogP contribution in [0.2, 0.25) is 0 Å². The zero-order valence-electron chi connectivity index (χ0n) is 18.4. The van der Waals surface area contributed by atoms with Crippen LogP contribution < -0.4 is 16.0 Å². The highest BCUT2D eigenvalue weighted by atomic mass is 127. The number of benzene rings is 1. The number of carbonyl (C=O) groups excluding carboxylic acids is 1. The second kappa shape index (κ2) is 12.6. The third-order valence-electron chi connectivity index (χ3n) is 5.87. The number of nitrogens with one attached hydrogen (secondary N) is 3. The SMILES string of the molecule is CN=C(NCc1cccc(NC(=O)C2CCCCC2)c1)NC1CCN(CC(F)(F)F)C1.I. The van der Waals surface area contributed by atoms with Crippen molar-refractivity contribution in [2.24, 2.45) is 10.9 Å². The predicted octanol–water partition coefficient (Wildman–Crippen LogP) is 4.13. The number of aliphatic imine (C=N–C) groups is 1. The van der Waals surface area contributed by atoms with Gasteiger partial charge in [0.15, 0.2) is 5.96 Å². The zero-order chi connectivity index (χ0) is 22.3. The van der Waals surface area contributed by atoms with E-state index in [9.17, 15) is 18.0 Å². The molecule has 1 atom stereocenters. The monoisotopic (exact) mass is 567 g/mol. The fourth-order valence-electron chi connectivity index (χ4n) is 4.29. The highest BCUT2D eigenvalue weighted by molar-refractivity contribution is 14.0. The Labute approximate surface area is 204 Å². The van der Waals surface area contributed by atoms with Crippen molar-refractivity contribution in [3.63, 3.8) is 0 Å². The molecule has 3 rings (SSSR count). The molecule has 1 unspecified atom stereocenters. The fourth-order valence-corrected chi connectivity index (χ4v) is 4.29. The first kappa shape index (κ1) is 26.7. The number of halogens is 4. The van der Waals surface area contributed by atoms with Crippen molar-refractivity contribution in [2.75, 3.05) is 32.0 Å². The molecule has 1 saturated heterocycles. The first-order valence-corrected chi connectivity index (χ1v) is 11.0. The van der Waals surface area contributed by atoms with Gasteiger partial charge in [0.1, 0.15) is 0 Å². The van der Waals surface area contributed by atoms with Gasteiger partial charge in [-0.25, -0.2) is 0 Å². The standard InChI is InChI=1S/C22H32F3N5O.HI/c1-26-21(29-19-10-11-30(14-19)15-22(23,24)25)27-13-16-6-5-9-18(12-16)28-20(31)17-7-3-2-4-8-17;/h5-6,9,12,17,19H,2-4,7-8,10-11,13-15H2,1H3,(H,28,31)(H2,26,27,29);1H. The summed E-state index contributed by atoms with van der Waals surface area (Å²) in [7, 11) is 1.64. The van der Waals surface area contributed by atoms with Gasteiger partial charge in [0, 0.05) is 44.3 Å². The molecule has 0 spiro atoms. The lowest BCUT2D eigenvalue weighted by Gasteiger charge is -2.21. The van der Waals surface area contributed by atoms with Gasteiger partial charge in [0.25, 0.3) is 0 Å². The quantitative estimate of drug-likeness (QED) is 0.275. The molecule has 2 fully saturated rings. The Morgan fingerprint density at radius 3 is 2.62 bits per heavy atom. The largest absolute Gasteiger partial charge is 0.401 e. The van der Waals surface area contributed by atoms with Gasteiger partial charge in [-0.2, -0.15) is 13.2 Å². The summed E-state index contributed by atoms with van der Waals surface area (Å²) in [6.45, 7) is 0.363. The van der Waals surface area contributed by atoms with Crippen molar-refractivity contribution in [3.8, 4) is 0 Å². The van der Waals surface area contributed by atoms with Crippen LogP contribution in [0.1, 0.15) is 44.1 Å². The third kappa shape index (κ3) is 8.76. The second-order valence-electron chi connectivity index (χ2n) is 8.43. The molecule has 10 heteroatoms. The summed E-state index contributed by atoms with van der Waals surface area (Å²) in [4.78, 5) is 18.1. The number of rotatable bonds is 6. The van der Waals surface area contributed by atoms with Gasteiger partial charge in [-0.05, 0) is 37.0 Å². The minimum absolute atomic E-state index is 0. The molecule has 1 saturated carbocycles. The van der Waals surface area contributed by atoms with Gasteiger partial charge in [-0.3, -0.25) is 14.7 Å². The number of guanidine groups is 1. The van der Waals surface area contributed by atoms with Crippen LogP contribution in [-0.4, -0.2) is 55.7 Å². The molecule has 1 aliphatic carbocycles. The number of likely N-dealkylation sites (tertiary alicyclic amines) is 1. The molecular formula is C22H33F3IN5O. The van der Waals surface area contributed by atoms with Crippen molar-refractivity contribution in [1.29, 1.82) is 0 Å². The maximum atomic E-state index is 12.6. The zero-order valence-corrected chi connectivity index (χ0v) is 20.7. The molecule has 3 N–H and O–H groups in total. The van der Waals surface area contributed by atoms with E-state index in [1.54, 1.807) is 7.05 Å². The number of hydrogen-bond acceptors (Lipinski definition) is 3. The first-order valence-electron chi connectivity index (χ1n) is 11.0. The van der Waals surface area contributed by atoms with Crippen molar-refractivity contribution in [3.05, 3.63) is 29.8 Å². The van der Waals surface area contributed by atoms with E-state index in [0.717, 1.165) is 36.9 Å². The van der Waals surface area contributed by atoms with Crippen molar-refractivity contribution in [1.82, 2.24) is 15.5 Å². The molecule has 1 amide bonds. The van der Waals surface area contributed by atoms with E-state index < -0.39 is 12.7 Å². The molecule has 0 bridgehead atoms. The average molecular weight is 567 g/mol. The highest BCUT2D eigenvalue weighted by Crippen LogP contribution is 2.25. The van der Waals surface area contributed by atoms with E-state index >= 15 is 0 Å². The maximum Gasteiger partial charge on any atom is 0.401 e. The molecule has 0 aromatic heterocycles. The summed E-state index contributed by atoms with van der Waals surface area (Å²) in [6.07, 6.45) is 1.81. The molecule has 0 radical (unpaired) electrons. The van der Waals surface area contributed by atoms with Gasteiger partial charge in [0.2, 0.25) is 5.91 Å². The average Bonchev–Trinajstić information content (AvgIpc) is 3.17. The molecule has 1 aromatic rings. The van der Waals surface area contributed by atoms with Gasteiger partial charge in [-0.1, -0.05) is 31.4 Å². The van der Waals surface area contributed by atoms with Gasteiger partial charge >= 0.3 is 6.18 Å². The van der Waals surface area contributed by atoms with Gasteiger partial charge < -0.3 is 16.0 Å². The maximum absolute atomic E-state index is 12.6. The van der Waals surface area contributed by atoms with Crippen LogP contribution in [0.15, 0.2) is 29.3 Å². The van der Waals surface area contributed by atoms with E-state index in [2.05, 4.69) is 20.9 Å². The van der Waals surface area contributed by atoms with Crippen molar-refractivity contribution < 1.29 is 18.0 Å². The van der Waals surface area contributed by atoms with Crippen LogP contribution in [0.25, 0.3) is 0 Å². The molecule has 1 aromatic carbocycles. The molecule has 2 aliphatic rings.